The molecule has 1 aliphatic rings. The van der Waals surface area contributed by atoms with Crippen molar-refractivity contribution in [3.8, 4) is 0 Å². The van der Waals surface area contributed by atoms with Crippen molar-refractivity contribution in [1.29, 1.82) is 0 Å². The monoisotopic (exact) mass is 280 g/mol. The lowest BCUT2D eigenvalue weighted by Gasteiger charge is -2.02. The fourth-order valence-corrected chi connectivity index (χ4v) is 1.76. The Hall–Kier alpha value is -0.830. The number of rotatable bonds is 5. The van der Waals surface area contributed by atoms with E-state index in [1.54, 1.807) is 11.8 Å². The highest BCUT2D eigenvalue weighted by Gasteiger charge is 2.27. The second kappa shape index (κ2) is 9.15. The van der Waals surface area contributed by atoms with Crippen LogP contribution in [0.2, 0.25) is 0 Å². The van der Waals surface area contributed by atoms with Gasteiger partial charge in [0.2, 0.25) is 0 Å². The van der Waals surface area contributed by atoms with E-state index in [1.807, 2.05) is 6.26 Å². The molecule has 18 heavy (non-hydrogen) atoms. The Bertz CT molecular complexity index is 277. The second-order valence-corrected chi connectivity index (χ2v) is 4.90. The summed E-state index contributed by atoms with van der Waals surface area (Å²) >= 11 is 1.60. The van der Waals surface area contributed by atoms with Gasteiger partial charge in [-0.05, 0) is 18.4 Å². The van der Waals surface area contributed by atoms with E-state index in [0.717, 1.165) is 5.75 Å². The highest BCUT2D eigenvalue weighted by Crippen LogP contribution is 2.05. The molecule has 7 nitrogen and oxygen atoms in total. The molecule has 0 aromatic carbocycles. The van der Waals surface area contributed by atoms with Crippen molar-refractivity contribution in [2.45, 2.75) is 31.0 Å². The van der Waals surface area contributed by atoms with Gasteiger partial charge in [0.05, 0.1) is 6.10 Å². The number of thioether (sulfide) groups is 1. The Morgan fingerprint density at radius 2 is 2.11 bits per heavy atom. The van der Waals surface area contributed by atoms with Gasteiger partial charge < -0.3 is 26.4 Å². The zero-order valence-corrected chi connectivity index (χ0v) is 11.0. The molecule has 1 aliphatic heterocycles. The molecular weight excluding hydrogens is 260 g/mol. The largest absolute Gasteiger partial charge is 0.480 e. The Morgan fingerprint density at radius 1 is 1.50 bits per heavy atom. The molecule has 6 N–H and O–H groups in total. The molecule has 3 atom stereocenters. The average molecular weight is 280 g/mol. The van der Waals surface area contributed by atoms with Crippen molar-refractivity contribution in [2.75, 3.05) is 18.6 Å². The summed E-state index contributed by atoms with van der Waals surface area (Å²) in [5.41, 5.74) is 5.19. The third kappa shape index (κ3) is 7.49. The lowest BCUT2D eigenvalue weighted by atomic mass is 10.2. The van der Waals surface area contributed by atoms with E-state index in [4.69, 9.17) is 21.1 Å². The van der Waals surface area contributed by atoms with E-state index in [0.29, 0.717) is 19.4 Å². The van der Waals surface area contributed by atoms with Crippen molar-refractivity contribution in [3.63, 3.8) is 0 Å². The summed E-state index contributed by atoms with van der Waals surface area (Å²) in [5, 5.41) is 28.1. The number of nitrogens with two attached hydrogens (primary N) is 1. The first-order chi connectivity index (χ1) is 8.38. The Labute approximate surface area is 110 Å². The smallest absolute Gasteiger partial charge is 0.320 e. The standard InChI is InChI=1S/C5H9NO3.C5H11NO2S/c7-3-1-4(5(8)9)6-2-3;1-9-3-2-4(6)5(7)8/h3-4,6-7H,1-2H2,(H,8,9);4H,2-3,6H2,1H3,(H,7,8)/t3-,4+;/m1./s1. The molecule has 0 aromatic heterocycles. The highest BCUT2D eigenvalue weighted by molar-refractivity contribution is 7.98. The molecule has 1 fully saturated rings. The Kier molecular flexibility index (Phi) is 8.73. The predicted molar refractivity (Wildman–Crippen MR) is 68.7 cm³/mol. The molecule has 0 aromatic rings. The number of aliphatic hydroxyl groups is 1. The maximum absolute atomic E-state index is 10.2. The van der Waals surface area contributed by atoms with Gasteiger partial charge in [0.25, 0.3) is 0 Å². The molecule has 0 radical (unpaired) electrons. The zero-order chi connectivity index (χ0) is 14.1. The first-order valence-electron chi connectivity index (χ1n) is 5.50. The lowest BCUT2D eigenvalue weighted by Crippen LogP contribution is -2.30. The van der Waals surface area contributed by atoms with Crippen LogP contribution in [0.5, 0.6) is 0 Å². The van der Waals surface area contributed by atoms with Gasteiger partial charge in [-0.3, -0.25) is 9.59 Å². The zero-order valence-electron chi connectivity index (χ0n) is 10.2. The van der Waals surface area contributed by atoms with Gasteiger partial charge in [-0.25, -0.2) is 0 Å². The van der Waals surface area contributed by atoms with Crippen LogP contribution >= 0.6 is 11.8 Å². The van der Waals surface area contributed by atoms with E-state index < -0.39 is 30.1 Å². The van der Waals surface area contributed by atoms with Crippen LogP contribution in [0.3, 0.4) is 0 Å². The van der Waals surface area contributed by atoms with Crippen molar-refractivity contribution < 1.29 is 24.9 Å². The normalized spacial score (nSPS) is 23.9. The van der Waals surface area contributed by atoms with Gasteiger partial charge in [-0.2, -0.15) is 11.8 Å². The highest BCUT2D eigenvalue weighted by atomic mass is 32.2. The summed E-state index contributed by atoms with van der Waals surface area (Å²) < 4.78 is 0. The van der Waals surface area contributed by atoms with Crippen molar-refractivity contribution in [1.82, 2.24) is 5.32 Å². The number of aliphatic hydroxyl groups excluding tert-OH is 1. The minimum atomic E-state index is -0.913. The molecular formula is C10H20N2O5S. The summed E-state index contributed by atoms with van der Waals surface area (Å²) in [6.07, 6.45) is 2.33. The number of carboxylic acid groups (broad SMARTS) is 2. The van der Waals surface area contributed by atoms with Crippen LogP contribution in [-0.4, -0.2) is 64.0 Å². The molecule has 0 spiro atoms. The molecule has 0 amide bonds. The minimum absolute atomic E-state index is 0.329. The van der Waals surface area contributed by atoms with Crippen LogP contribution in [0.25, 0.3) is 0 Å². The Morgan fingerprint density at radius 3 is 2.39 bits per heavy atom. The summed E-state index contributed by atoms with van der Waals surface area (Å²) in [7, 11) is 0. The van der Waals surface area contributed by atoms with Crippen LogP contribution in [0.4, 0.5) is 0 Å². The molecule has 1 rings (SSSR count). The molecule has 0 bridgehead atoms. The number of carboxylic acids is 2. The molecule has 106 valence electrons. The van der Waals surface area contributed by atoms with E-state index >= 15 is 0 Å². The van der Waals surface area contributed by atoms with Crippen LogP contribution in [0.1, 0.15) is 12.8 Å². The molecule has 0 saturated carbocycles. The summed E-state index contributed by atoms with van der Waals surface area (Å²) in [6.45, 7) is 0.400. The first kappa shape index (κ1) is 17.2. The van der Waals surface area contributed by atoms with Crippen molar-refractivity contribution in [3.05, 3.63) is 0 Å². The SMILES string of the molecule is CSCCC(N)C(=O)O.O=C(O)[C@@H]1C[C@@H](O)CN1. The summed E-state index contributed by atoms with van der Waals surface area (Å²) in [5.74, 6) is -0.983. The van der Waals surface area contributed by atoms with Gasteiger partial charge in [0, 0.05) is 13.0 Å². The number of aliphatic carboxylic acids is 2. The van der Waals surface area contributed by atoms with Crippen LogP contribution in [0.15, 0.2) is 0 Å². The van der Waals surface area contributed by atoms with E-state index in [2.05, 4.69) is 5.32 Å². The molecule has 1 heterocycles. The number of nitrogens with one attached hydrogen (secondary N) is 1. The van der Waals surface area contributed by atoms with Crippen molar-refractivity contribution in [2.24, 2.45) is 5.73 Å². The molecule has 0 aliphatic carbocycles. The summed E-state index contributed by atoms with van der Waals surface area (Å²) in [6, 6.07) is -1.22. The fourth-order valence-electron chi connectivity index (χ4n) is 1.27. The predicted octanol–water partition coefficient (Wildman–Crippen LogP) is -1.05. The van der Waals surface area contributed by atoms with Crippen LogP contribution < -0.4 is 11.1 Å². The van der Waals surface area contributed by atoms with Crippen LogP contribution in [0, 0.1) is 0 Å². The molecule has 8 heteroatoms. The van der Waals surface area contributed by atoms with Gasteiger partial charge >= 0.3 is 11.9 Å². The first-order valence-corrected chi connectivity index (χ1v) is 6.89. The third-order valence-electron chi connectivity index (χ3n) is 2.36. The maximum Gasteiger partial charge on any atom is 0.320 e. The fraction of sp³-hybridized carbons (Fsp3) is 0.800. The van der Waals surface area contributed by atoms with E-state index in [-0.39, 0.29) is 0 Å². The minimum Gasteiger partial charge on any atom is -0.480 e. The number of hydrogen-bond donors (Lipinski definition) is 5. The van der Waals surface area contributed by atoms with Crippen LogP contribution in [-0.2, 0) is 9.59 Å². The van der Waals surface area contributed by atoms with E-state index in [9.17, 15) is 9.59 Å². The Balaban J connectivity index is 0.000000321. The average Bonchev–Trinajstić information content (AvgIpc) is 2.73. The van der Waals surface area contributed by atoms with Gasteiger partial charge in [0.15, 0.2) is 0 Å². The molecule has 1 saturated heterocycles. The topological polar surface area (TPSA) is 133 Å². The lowest BCUT2D eigenvalue weighted by molar-refractivity contribution is -0.139. The summed E-state index contributed by atoms with van der Waals surface area (Å²) in [4.78, 5) is 20.2. The van der Waals surface area contributed by atoms with Gasteiger partial charge in [-0.15, -0.1) is 0 Å². The third-order valence-corrected chi connectivity index (χ3v) is 3.00. The molecule has 1 unspecified atom stereocenters. The van der Waals surface area contributed by atoms with Gasteiger partial charge in [-0.1, -0.05) is 0 Å². The van der Waals surface area contributed by atoms with Gasteiger partial charge in [0.1, 0.15) is 12.1 Å². The number of carbonyl (C=O) groups is 2. The van der Waals surface area contributed by atoms with Crippen molar-refractivity contribution >= 4 is 23.7 Å². The second-order valence-electron chi connectivity index (χ2n) is 3.91. The quantitative estimate of drug-likeness (QED) is 0.430. The maximum atomic E-state index is 10.2. The van der Waals surface area contributed by atoms with E-state index in [1.165, 1.54) is 0 Å². The number of hydrogen-bond acceptors (Lipinski definition) is 6. The number of β-amino-alcohol motifs (C(OH)–C–C–N with tert-alkyl or cyclic N) is 1.